The van der Waals surface area contributed by atoms with Crippen molar-refractivity contribution in [1.82, 2.24) is 0 Å². The van der Waals surface area contributed by atoms with Gasteiger partial charge in [0.25, 0.3) is 0 Å². The van der Waals surface area contributed by atoms with Crippen LogP contribution >= 0.6 is 12.2 Å². The van der Waals surface area contributed by atoms with Gasteiger partial charge < -0.3 is 10.5 Å². The molecule has 0 saturated heterocycles. The first-order valence-corrected chi connectivity index (χ1v) is 9.80. The molecule has 0 aliphatic heterocycles. The Kier molecular flexibility index (Phi) is 4.94. The smallest absolute Gasteiger partial charge is 0.152 e. The number of rotatable bonds is 7. The van der Waals surface area contributed by atoms with Crippen LogP contribution in [0.15, 0.2) is 24.3 Å². The second-order valence-corrected chi connectivity index (χ2v) is 8.47. The second kappa shape index (κ2) is 6.26. The van der Waals surface area contributed by atoms with Gasteiger partial charge in [0.15, 0.2) is 9.84 Å². The fourth-order valence-corrected chi connectivity index (χ4v) is 5.58. The second-order valence-electron chi connectivity index (χ2n) is 5.86. The molecule has 1 saturated carbocycles. The third kappa shape index (κ3) is 2.92. The highest BCUT2D eigenvalue weighted by atomic mass is 32.2. The lowest BCUT2D eigenvalue weighted by Crippen LogP contribution is -2.33. The van der Waals surface area contributed by atoms with Crippen LogP contribution in [0.1, 0.15) is 30.9 Å². The van der Waals surface area contributed by atoms with E-state index in [-0.39, 0.29) is 17.5 Å². The van der Waals surface area contributed by atoms with Crippen LogP contribution in [0.5, 0.6) is 0 Å². The first-order valence-electron chi connectivity index (χ1n) is 7.44. The van der Waals surface area contributed by atoms with E-state index in [1.807, 2.05) is 31.2 Å². The standard InChI is InChI=1S/C16H23NO3S2/c1-4-11-6-8-12(9-7-11)13-14(22(3,18)19)16(13,15(17)21)10-20-5-2/h6-9,13-14H,4-5,10H2,1-3H3,(H2,17,21)/t13-,14+,16-/m1/s1. The van der Waals surface area contributed by atoms with Crippen molar-refractivity contribution in [1.29, 1.82) is 0 Å². The Balaban J connectivity index is 2.43. The fraction of sp³-hybridized carbons (Fsp3) is 0.562. The number of aryl methyl sites for hydroxylation is 1. The van der Waals surface area contributed by atoms with Gasteiger partial charge in [0.2, 0.25) is 0 Å². The quantitative estimate of drug-likeness (QED) is 0.769. The molecule has 0 unspecified atom stereocenters. The topological polar surface area (TPSA) is 69.4 Å². The van der Waals surface area contributed by atoms with Crippen molar-refractivity contribution in [2.45, 2.75) is 31.4 Å². The van der Waals surface area contributed by atoms with Crippen LogP contribution in [-0.4, -0.2) is 38.1 Å². The molecule has 0 spiro atoms. The number of benzene rings is 1. The minimum Gasteiger partial charge on any atom is -0.393 e. The Labute approximate surface area is 138 Å². The molecule has 122 valence electrons. The average molecular weight is 341 g/mol. The molecule has 0 radical (unpaired) electrons. The average Bonchev–Trinajstić information content (AvgIpc) is 3.16. The molecule has 0 bridgehead atoms. The van der Waals surface area contributed by atoms with Crippen molar-refractivity contribution >= 4 is 27.0 Å². The summed E-state index contributed by atoms with van der Waals surface area (Å²) in [7, 11) is -3.27. The van der Waals surface area contributed by atoms with Crippen LogP contribution in [0.3, 0.4) is 0 Å². The highest BCUT2D eigenvalue weighted by Crippen LogP contribution is 2.63. The van der Waals surface area contributed by atoms with E-state index < -0.39 is 20.5 Å². The Morgan fingerprint density at radius 1 is 1.32 bits per heavy atom. The molecule has 0 aromatic heterocycles. The summed E-state index contributed by atoms with van der Waals surface area (Å²) in [5.74, 6) is -0.225. The van der Waals surface area contributed by atoms with Crippen molar-refractivity contribution in [3.63, 3.8) is 0 Å². The Morgan fingerprint density at radius 3 is 2.32 bits per heavy atom. The third-order valence-corrected chi connectivity index (χ3v) is 6.46. The first kappa shape index (κ1) is 17.4. The minimum atomic E-state index is -3.27. The van der Waals surface area contributed by atoms with Crippen molar-refractivity contribution < 1.29 is 13.2 Å². The van der Waals surface area contributed by atoms with E-state index in [1.165, 1.54) is 11.8 Å². The van der Waals surface area contributed by atoms with Gasteiger partial charge >= 0.3 is 0 Å². The van der Waals surface area contributed by atoms with Crippen molar-refractivity contribution in [2.24, 2.45) is 11.1 Å². The highest BCUT2D eigenvalue weighted by molar-refractivity contribution is 7.92. The molecule has 2 rings (SSSR count). The number of nitrogens with two attached hydrogens (primary N) is 1. The number of hydrogen-bond donors (Lipinski definition) is 1. The number of thiocarbonyl (C=S) groups is 1. The monoisotopic (exact) mass is 341 g/mol. The maximum absolute atomic E-state index is 12.2. The summed E-state index contributed by atoms with van der Waals surface area (Å²) in [6, 6.07) is 8.01. The zero-order valence-electron chi connectivity index (χ0n) is 13.2. The van der Waals surface area contributed by atoms with E-state index in [9.17, 15) is 8.42 Å². The van der Waals surface area contributed by atoms with Gasteiger partial charge in [-0.15, -0.1) is 0 Å². The van der Waals surface area contributed by atoms with Crippen LogP contribution < -0.4 is 5.73 Å². The van der Waals surface area contributed by atoms with E-state index in [0.29, 0.717) is 6.61 Å². The molecule has 1 aliphatic rings. The molecule has 0 heterocycles. The fourth-order valence-electron chi connectivity index (χ4n) is 3.27. The van der Waals surface area contributed by atoms with E-state index in [1.54, 1.807) is 0 Å². The Bertz CT molecular complexity index is 654. The largest absolute Gasteiger partial charge is 0.393 e. The van der Waals surface area contributed by atoms with Crippen molar-refractivity contribution in [3.05, 3.63) is 35.4 Å². The Morgan fingerprint density at radius 2 is 1.91 bits per heavy atom. The highest BCUT2D eigenvalue weighted by Gasteiger charge is 2.71. The lowest BCUT2D eigenvalue weighted by molar-refractivity contribution is 0.121. The third-order valence-electron chi connectivity index (χ3n) is 4.47. The van der Waals surface area contributed by atoms with E-state index in [4.69, 9.17) is 22.7 Å². The van der Waals surface area contributed by atoms with Crippen molar-refractivity contribution in [2.75, 3.05) is 19.5 Å². The van der Waals surface area contributed by atoms with Gasteiger partial charge in [0.1, 0.15) is 0 Å². The zero-order valence-corrected chi connectivity index (χ0v) is 14.8. The van der Waals surface area contributed by atoms with Crippen LogP contribution in [0.2, 0.25) is 0 Å². The van der Waals surface area contributed by atoms with E-state index >= 15 is 0 Å². The molecule has 1 aliphatic carbocycles. The molecule has 0 amide bonds. The van der Waals surface area contributed by atoms with Gasteiger partial charge in [-0.1, -0.05) is 43.4 Å². The van der Waals surface area contributed by atoms with Gasteiger partial charge in [-0.3, -0.25) is 0 Å². The van der Waals surface area contributed by atoms with Crippen molar-refractivity contribution in [3.8, 4) is 0 Å². The van der Waals surface area contributed by atoms with Gasteiger partial charge in [-0.05, 0) is 24.5 Å². The molecule has 4 nitrogen and oxygen atoms in total. The predicted molar refractivity (Wildman–Crippen MR) is 92.9 cm³/mol. The summed E-state index contributed by atoms with van der Waals surface area (Å²) in [5, 5.41) is -0.600. The summed E-state index contributed by atoms with van der Waals surface area (Å²) in [6.07, 6.45) is 2.19. The number of sulfone groups is 1. The summed E-state index contributed by atoms with van der Waals surface area (Å²) in [4.78, 5) is 0.223. The van der Waals surface area contributed by atoms with Crippen LogP contribution in [0.4, 0.5) is 0 Å². The van der Waals surface area contributed by atoms with E-state index in [0.717, 1.165) is 12.0 Å². The van der Waals surface area contributed by atoms with Gasteiger partial charge in [0, 0.05) is 18.8 Å². The van der Waals surface area contributed by atoms with Crippen LogP contribution in [0.25, 0.3) is 0 Å². The summed E-state index contributed by atoms with van der Waals surface area (Å²) >= 11 is 5.21. The van der Waals surface area contributed by atoms with Gasteiger partial charge in [-0.25, -0.2) is 8.42 Å². The van der Waals surface area contributed by atoms with E-state index in [2.05, 4.69) is 6.92 Å². The molecular weight excluding hydrogens is 318 g/mol. The molecule has 2 N–H and O–H groups in total. The van der Waals surface area contributed by atoms with Gasteiger partial charge in [0.05, 0.1) is 22.3 Å². The Hall–Kier alpha value is -0.980. The lowest BCUT2D eigenvalue weighted by Gasteiger charge is -2.16. The maximum atomic E-state index is 12.2. The molecular formula is C16H23NO3S2. The van der Waals surface area contributed by atoms with Crippen LogP contribution in [-0.2, 0) is 21.0 Å². The minimum absolute atomic E-state index is 0.223. The molecule has 1 aromatic carbocycles. The van der Waals surface area contributed by atoms with Gasteiger partial charge in [-0.2, -0.15) is 0 Å². The molecule has 1 aromatic rings. The SMILES string of the molecule is CCOC[C@@]1(C(N)=S)[C@H](c2ccc(CC)cc2)[C@@H]1S(C)(=O)=O. The number of hydrogen-bond acceptors (Lipinski definition) is 4. The maximum Gasteiger partial charge on any atom is 0.152 e. The lowest BCUT2D eigenvalue weighted by atomic mass is 9.98. The first-order chi connectivity index (χ1) is 10.3. The normalized spacial score (nSPS) is 27.6. The molecule has 3 atom stereocenters. The summed E-state index contributed by atoms with van der Waals surface area (Å²) < 4.78 is 29.9. The zero-order chi connectivity index (χ0) is 16.5. The summed E-state index contributed by atoms with van der Waals surface area (Å²) in [5.41, 5.74) is 7.32. The molecule has 6 heteroatoms. The molecule has 22 heavy (non-hydrogen) atoms. The number of ether oxygens (including phenoxy) is 1. The molecule has 1 fully saturated rings. The summed E-state index contributed by atoms with van der Waals surface area (Å²) in [6.45, 7) is 4.70. The van der Waals surface area contributed by atoms with Crippen LogP contribution in [0, 0.1) is 5.41 Å². The predicted octanol–water partition coefficient (Wildman–Crippen LogP) is 2.07.